The topological polar surface area (TPSA) is 135 Å². The van der Waals surface area contributed by atoms with Crippen LogP contribution in [0.1, 0.15) is 106 Å². The van der Waals surface area contributed by atoms with Crippen molar-refractivity contribution in [2.45, 2.75) is 112 Å². The maximum atomic E-state index is 14.5. The summed E-state index contributed by atoms with van der Waals surface area (Å²) >= 11 is 0. The van der Waals surface area contributed by atoms with Crippen molar-refractivity contribution in [2.24, 2.45) is 50.2 Å². The van der Waals surface area contributed by atoms with E-state index in [0.29, 0.717) is 6.42 Å². The summed E-state index contributed by atoms with van der Waals surface area (Å²) in [6.07, 6.45) is 9.86. The van der Waals surface area contributed by atoms with Gasteiger partial charge >= 0.3 is 11.8 Å². The van der Waals surface area contributed by atoms with Gasteiger partial charge in [-0.15, -0.1) is 0 Å². The van der Waals surface area contributed by atoms with Crippen molar-refractivity contribution < 1.29 is 24.1 Å². The minimum Gasteiger partial charge on any atom is -0.459 e. The van der Waals surface area contributed by atoms with Crippen LogP contribution in [0, 0.1) is 50.2 Å². The predicted molar refractivity (Wildman–Crippen MR) is 151 cm³/mol. The lowest BCUT2D eigenvalue weighted by atomic mass is 9.33. The Bertz CT molecular complexity index is 1360. The van der Waals surface area contributed by atoms with E-state index in [1.807, 2.05) is 18.5 Å². The van der Waals surface area contributed by atoms with Crippen molar-refractivity contribution in [1.29, 1.82) is 0 Å². The Balaban J connectivity index is 1.37. The van der Waals surface area contributed by atoms with Crippen molar-refractivity contribution in [3.05, 3.63) is 22.2 Å². The molecule has 1 aromatic heterocycles. The smallest absolute Gasteiger partial charge is 0.441 e. The van der Waals surface area contributed by atoms with Crippen molar-refractivity contribution in [2.75, 3.05) is 0 Å². The minimum atomic E-state index is -0.654. The standard InChI is InChI=1S/C32H47N3O6/c1-27(2)21-8-11-32(7)23(30(21,5)10-9-22(27)40-25-33-26(38)41-35-25)20(36)16-18-19-17-29(4,24(37)34-39)13-12-28(19,3)14-15-31(18,32)6/h16,19,21-23,39H,8-15,17H2,1-7H3,(H,34,37)(H,33,35,38). The average Bonchev–Trinajstić information content (AvgIpc) is 3.32. The average molecular weight is 570 g/mol. The fourth-order valence-corrected chi connectivity index (χ4v) is 11.1. The van der Waals surface area contributed by atoms with Gasteiger partial charge < -0.3 is 4.74 Å². The Kier molecular flexibility index (Phi) is 6.16. The number of fused-ring (bicyclic) bond motifs is 7. The maximum absolute atomic E-state index is 14.5. The third-order valence-electron chi connectivity index (χ3n) is 13.8. The second kappa shape index (κ2) is 8.80. The number of hydrogen-bond acceptors (Lipinski definition) is 7. The zero-order valence-corrected chi connectivity index (χ0v) is 25.7. The van der Waals surface area contributed by atoms with Crippen molar-refractivity contribution in [1.82, 2.24) is 15.6 Å². The molecule has 3 N–H and O–H groups in total. The van der Waals surface area contributed by atoms with Gasteiger partial charge in [0.15, 0.2) is 5.78 Å². The predicted octanol–water partition coefficient (Wildman–Crippen LogP) is 5.60. The second-order valence-electron chi connectivity index (χ2n) is 16.1. The molecule has 0 radical (unpaired) electrons. The monoisotopic (exact) mass is 569 g/mol. The normalized spacial score (nSPS) is 46.7. The first kappa shape index (κ1) is 28.7. The number of ether oxygens (including phenoxy) is 1. The molecule has 1 heterocycles. The van der Waals surface area contributed by atoms with Gasteiger partial charge in [-0.05, 0) is 103 Å². The van der Waals surface area contributed by atoms with E-state index in [-0.39, 0.29) is 68.6 Å². The fraction of sp³-hybridized carbons (Fsp3) is 0.812. The third kappa shape index (κ3) is 3.75. The number of aromatic amines is 1. The molecule has 0 saturated heterocycles. The van der Waals surface area contributed by atoms with E-state index < -0.39 is 11.2 Å². The number of rotatable bonds is 3. The number of aromatic nitrogens is 2. The molecule has 5 aliphatic rings. The number of carbonyl (C=O) groups excluding carboxylic acids is 2. The van der Waals surface area contributed by atoms with E-state index in [0.717, 1.165) is 51.4 Å². The summed E-state index contributed by atoms with van der Waals surface area (Å²) in [5.41, 5.74) is 1.78. The van der Waals surface area contributed by atoms with Crippen LogP contribution in [0.25, 0.3) is 0 Å². The van der Waals surface area contributed by atoms with E-state index in [1.54, 1.807) is 0 Å². The molecule has 0 aromatic carbocycles. The molecule has 1 amide bonds. The van der Waals surface area contributed by atoms with Crippen LogP contribution in [0.2, 0.25) is 0 Å². The summed E-state index contributed by atoms with van der Waals surface area (Å²) in [6.45, 7) is 15.9. The summed E-state index contributed by atoms with van der Waals surface area (Å²) in [6, 6.07) is 0.116. The van der Waals surface area contributed by atoms with E-state index in [2.05, 4.69) is 56.2 Å². The maximum Gasteiger partial charge on any atom is 0.441 e. The Morgan fingerprint density at radius 1 is 1.02 bits per heavy atom. The molecule has 9 heteroatoms. The van der Waals surface area contributed by atoms with Gasteiger partial charge in [0.2, 0.25) is 5.91 Å². The Morgan fingerprint density at radius 3 is 2.39 bits per heavy atom. The zero-order chi connectivity index (χ0) is 29.8. The highest BCUT2D eigenvalue weighted by Gasteiger charge is 2.70. The van der Waals surface area contributed by atoms with Gasteiger partial charge in [0.25, 0.3) is 0 Å². The molecule has 41 heavy (non-hydrogen) atoms. The van der Waals surface area contributed by atoms with E-state index in [9.17, 15) is 19.6 Å². The largest absolute Gasteiger partial charge is 0.459 e. The first-order valence-corrected chi connectivity index (χ1v) is 15.5. The molecular weight excluding hydrogens is 522 g/mol. The number of H-pyrrole nitrogens is 1. The first-order valence-electron chi connectivity index (χ1n) is 15.5. The lowest BCUT2D eigenvalue weighted by Crippen LogP contribution is -2.67. The van der Waals surface area contributed by atoms with Crippen LogP contribution in [0.4, 0.5) is 0 Å². The van der Waals surface area contributed by atoms with E-state index in [1.165, 1.54) is 5.57 Å². The number of carbonyl (C=O) groups is 2. The van der Waals surface area contributed by atoms with Gasteiger partial charge in [0.1, 0.15) is 6.10 Å². The van der Waals surface area contributed by atoms with Gasteiger partial charge in [0.05, 0.1) is 0 Å². The molecule has 9 unspecified atom stereocenters. The molecule has 5 aliphatic carbocycles. The number of nitrogens with zero attached hydrogens (tertiary/aromatic N) is 1. The van der Waals surface area contributed by atoms with Crippen LogP contribution in [-0.4, -0.2) is 33.1 Å². The molecule has 6 rings (SSSR count). The third-order valence-corrected chi connectivity index (χ3v) is 13.8. The highest BCUT2D eigenvalue weighted by atomic mass is 16.6. The minimum absolute atomic E-state index is 0.0463. The Hall–Kier alpha value is -2.42. The summed E-state index contributed by atoms with van der Waals surface area (Å²) in [5, 5.41) is 13.3. The van der Waals surface area contributed by atoms with Crippen LogP contribution >= 0.6 is 0 Å². The van der Waals surface area contributed by atoms with Gasteiger partial charge in [-0.1, -0.05) is 54.0 Å². The highest BCUT2D eigenvalue weighted by molar-refractivity contribution is 5.95. The summed E-state index contributed by atoms with van der Waals surface area (Å²) in [4.78, 5) is 41.3. The molecule has 226 valence electrons. The number of hydroxylamine groups is 1. The number of allylic oxidation sites excluding steroid dienone is 2. The summed E-state index contributed by atoms with van der Waals surface area (Å²) in [5.74, 6) is -0.416. The molecule has 0 aliphatic heterocycles. The van der Waals surface area contributed by atoms with Gasteiger partial charge in [-0.2, -0.15) is 0 Å². The lowest BCUT2D eigenvalue weighted by Gasteiger charge is -2.70. The molecule has 9 atom stereocenters. The Labute approximate surface area is 242 Å². The fourth-order valence-electron chi connectivity index (χ4n) is 11.1. The number of ketones is 1. The van der Waals surface area contributed by atoms with Gasteiger partial charge in [-0.25, -0.2) is 15.3 Å². The summed E-state index contributed by atoms with van der Waals surface area (Å²) < 4.78 is 10.9. The van der Waals surface area contributed by atoms with Crippen LogP contribution in [0.15, 0.2) is 21.0 Å². The number of nitrogens with one attached hydrogen (secondary N) is 2. The van der Waals surface area contributed by atoms with Crippen molar-refractivity contribution in [3.8, 4) is 6.01 Å². The van der Waals surface area contributed by atoms with Crippen molar-refractivity contribution in [3.63, 3.8) is 0 Å². The van der Waals surface area contributed by atoms with Crippen LogP contribution < -0.4 is 16.0 Å². The second-order valence-corrected chi connectivity index (χ2v) is 16.1. The molecule has 0 spiro atoms. The van der Waals surface area contributed by atoms with E-state index in [4.69, 9.17) is 4.74 Å². The molecule has 4 fully saturated rings. The number of hydrogen-bond donors (Lipinski definition) is 3. The lowest BCUT2D eigenvalue weighted by molar-refractivity contribution is -0.199. The molecule has 4 saturated carbocycles. The highest BCUT2D eigenvalue weighted by Crippen LogP contribution is 2.75. The van der Waals surface area contributed by atoms with Crippen molar-refractivity contribution >= 4 is 11.7 Å². The summed E-state index contributed by atoms with van der Waals surface area (Å²) in [7, 11) is 0. The molecule has 1 aromatic rings. The zero-order valence-electron chi connectivity index (χ0n) is 25.7. The Morgan fingerprint density at radius 2 is 1.73 bits per heavy atom. The SMILES string of the molecule is CC1(C(=O)NO)CCC2(C)CCC3(C)C(=CC(=O)C4C5(C)CCC(Oc6noc(=O)[nH]6)C(C)(C)C5CCC43C)C2C1. The quantitative estimate of drug-likeness (QED) is 0.319. The van der Waals surface area contributed by atoms with E-state index >= 15 is 0 Å². The van der Waals surface area contributed by atoms with Crippen LogP contribution in [0.3, 0.4) is 0 Å². The van der Waals surface area contributed by atoms with Gasteiger partial charge in [0, 0.05) is 16.7 Å². The van der Waals surface area contributed by atoms with Gasteiger partial charge in [-0.3, -0.25) is 19.3 Å². The number of amides is 1. The van der Waals surface area contributed by atoms with Crippen LogP contribution in [0.5, 0.6) is 6.01 Å². The molecule has 0 bridgehead atoms. The molecule has 9 nitrogen and oxygen atoms in total. The molecular formula is C32H47N3O6. The first-order chi connectivity index (χ1) is 19.0. The van der Waals surface area contributed by atoms with Crippen LogP contribution in [-0.2, 0) is 9.59 Å².